The number of aromatic nitrogens is 3. The van der Waals surface area contributed by atoms with Crippen molar-refractivity contribution in [3.8, 4) is 0 Å². The van der Waals surface area contributed by atoms with Crippen LogP contribution in [-0.2, 0) is 6.42 Å². The maximum atomic E-state index is 5.33. The van der Waals surface area contributed by atoms with Crippen molar-refractivity contribution in [1.82, 2.24) is 14.8 Å². The molecule has 1 heterocycles. The molecule has 1 N–H and O–H groups in total. The molecule has 96 valence electrons. The Morgan fingerprint density at radius 3 is 2.50 bits per heavy atom. The van der Waals surface area contributed by atoms with Gasteiger partial charge in [0.1, 0.15) is 5.82 Å². The molecule has 0 bridgehead atoms. The number of rotatable bonds is 4. The van der Waals surface area contributed by atoms with E-state index >= 15 is 0 Å². The fourth-order valence-corrected chi connectivity index (χ4v) is 2.52. The normalized spacial score (nSPS) is 12.9. The lowest BCUT2D eigenvalue weighted by Gasteiger charge is -2.17. The third-order valence-corrected chi connectivity index (χ3v) is 3.35. The second-order valence-corrected chi connectivity index (χ2v) is 5.34. The van der Waals surface area contributed by atoms with Crippen molar-refractivity contribution in [2.45, 2.75) is 39.2 Å². The lowest BCUT2D eigenvalue weighted by Crippen LogP contribution is -2.13. The highest BCUT2D eigenvalue weighted by molar-refractivity contribution is 7.71. The van der Waals surface area contributed by atoms with Crippen molar-refractivity contribution in [3.05, 3.63) is 46.5 Å². The van der Waals surface area contributed by atoms with Crippen molar-refractivity contribution in [2.24, 2.45) is 0 Å². The standard InChI is InChI=1S/C14H19N3S/c1-10(2)13-15-16-14(18)17(13)11(3)9-12-7-5-4-6-8-12/h4-8,10-11H,9H2,1-3H3,(H,16,18). The number of benzene rings is 1. The first-order valence-corrected chi connectivity index (χ1v) is 6.71. The Balaban J connectivity index is 2.26. The van der Waals surface area contributed by atoms with Gasteiger partial charge in [0, 0.05) is 12.0 Å². The number of aromatic amines is 1. The summed E-state index contributed by atoms with van der Waals surface area (Å²) in [4.78, 5) is 0. The molecule has 0 saturated heterocycles. The van der Waals surface area contributed by atoms with Gasteiger partial charge in [0.2, 0.25) is 0 Å². The average molecular weight is 261 g/mol. The van der Waals surface area contributed by atoms with Gasteiger partial charge in [0.15, 0.2) is 4.77 Å². The van der Waals surface area contributed by atoms with Crippen LogP contribution in [0.5, 0.6) is 0 Å². The van der Waals surface area contributed by atoms with Gasteiger partial charge in [-0.1, -0.05) is 44.2 Å². The van der Waals surface area contributed by atoms with Crippen LogP contribution in [0.25, 0.3) is 0 Å². The van der Waals surface area contributed by atoms with Crippen LogP contribution in [0.1, 0.15) is 44.1 Å². The van der Waals surface area contributed by atoms with Gasteiger partial charge in [-0.05, 0) is 31.1 Å². The van der Waals surface area contributed by atoms with Gasteiger partial charge < -0.3 is 4.57 Å². The lowest BCUT2D eigenvalue weighted by molar-refractivity contribution is 0.503. The van der Waals surface area contributed by atoms with Crippen LogP contribution in [0.2, 0.25) is 0 Å². The first-order chi connectivity index (χ1) is 8.59. The molecule has 1 aromatic carbocycles. The Hall–Kier alpha value is -1.42. The molecule has 3 nitrogen and oxygen atoms in total. The molecule has 0 aliphatic carbocycles. The van der Waals surface area contributed by atoms with E-state index in [1.165, 1.54) is 5.56 Å². The van der Waals surface area contributed by atoms with E-state index in [9.17, 15) is 0 Å². The quantitative estimate of drug-likeness (QED) is 0.848. The van der Waals surface area contributed by atoms with Crippen molar-refractivity contribution < 1.29 is 0 Å². The summed E-state index contributed by atoms with van der Waals surface area (Å²) in [6, 6.07) is 10.8. The van der Waals surface area contributed by atoms with Crippen LogP contribution < -0.4 is 0 Å². The molecule has 0 saturated carbocycles. The summed E-state index contributed by atoms with van der Waals surface area (Å²) >= 11 is 5.33. The Labute approximate surface area is 113 Å². The van der Waals surface area contributed by atoms with Gasteiger partial charge in [-0.3, -0.25) is 5.10 Å². The fourth-order valence-electron chi connectivity index (χ4n) is 2.20. The monoisotopic (exact) mass is 261 g/mol. The number of nitrogens with zero attached hydrogens (tertiary/aromatic N) is 2. The minimum Gasteiger partial charge on any atom is -0.301 e. The van der Waals surface area contributed by atoms with Crippen molar-refractivity contribution in [2.75, 3.05) is 0 Å². The molecular weight excluding hydrogens is 242 g/mol. The number of nitrogens with one attached hydrogen (secondary N) is 1. The molecule has 2 rings (SSSR count). The molecule has 0 fully saturated rings. The van der Waals surface area contributed by atoms with Gasteiger partial charge >= 0.3 is 0 Å². The largest absolute Gasteiger partial charge is 0.301 e. The molecule has 0 spiro atoms. The summed E-state index contributed by atoms with van der Waals surface area (Å²) in [6.07, 6.45) is 0.967. The molecule has 1 unspecified atom stereocenters. The van der Waals surface area contributed by atoms with Gasteiger partial charge in [-0.25, -0.2) is 0 Å². The highest BCUT2D eigenvalue weighted by atomic mass is 32.1. The second kappa shape index (κ2) is 5.48. The molecule has 0 aliphatic rings. The van der Waals surface area contributed by atoms with Gasteiger partial charge in [-0.15, -0.1) is 0 Å². The van der Waals surface area contributed by atoms with Gasteiger partial charge in [0.05, 0.1) is 0 Å². The summed E-state index contributed by atoms with van der Waals surface area (Å²) in [5.41, 5.74) is 1.32. The first-order valence-electron chi connectivity index (χ1n) is 6.30. The molecule has 4 heteroatoms. The molecule has 1 aromatic heterocycles. The topological polar surface area (TPSA) is 33.6 Å². The summed E-state index contributed by atoms with van der Waals surface area (Å²) < 4.78 is 2.84. The second-order valence-electron chi connectivity index (χ2n) is 4.95. The van der Waals surface area contributed by atoms with Crippen LogP contribution in [0.15, 0.2) is 30.3 Å². The SMILES string of the molecule is CC(C)c1n[nH]c(=S)n1C(C)Cc1ccccc1. The summed E-state index contributed by atoms with van der Waals surface area (Å²) in [5, 5.41) is 7.22. The van der Waals surface area contributed by atoms with E-state index in [4.69, 9.17) is 12.2 Å². The highest BCUT2D eigenvalue weighted by Gasteiger charge is 2.15. The first kappa shape index (κ1) is 13.0. The van der Waals surface area contributed by atoms with E-state index in [-0.39, 0.29) is 0 Å². The molecular formula is C14H19N3S. The Bertz CT molecular complexity index is 554. The van der Waals surface area contributed by atoms with E-state index in [0.29, 0.717) is 16.7 Å². The molecule has 0 amide bonds. The van der Waals surface area contributed by atoms with Crippen molar-refractivity contribution in [1.29, 1.82) is 0 Å². The zero-order valence-electron chi connectivity index (χ0n) is 11.1. The Morgan fingerprint density at radius 1 is 1.22 bits per heavy atom. The average Bonchev–Trinajstić information content (AvgIpc) is 2.72. The van der Waals surface area contributed by atoms with Crippen LogP contribution in [-0.4, -0.2) is 14.8 Å². The molecule has 1 atom stereocenters. The zero-order chi connectivity index (χ0) is 13.1. The summed E-state index contributed by atoms with van der Waals surface area (Å²) in [6.45, 7) is 6.46. The minimum atomic E-state index is 0.316. The van der Waals surface area contributed by atoms with E-state index in [1.807, 2.05) is 6.07 Å². The van der Waals surface area contributed by atoms with Gasteiger partial charge in [0.25, 0.3) is 0 Å². The van der Waals surface area contributed by atoms with Gasteiger partial charge in [-0.2, -0.15) is 5.10 Å². The predicted octanol–water partition coefficient (Wildman–Crippen LogP) is 3.87. The van der Waals surface area contributed by atoms with E-state index in [1.54, 1.807) is 0 Å². The van der Waals surface area contributed by atoms with Crippen LogP contribution in [0.4, 0.5) is 0 Å². The molecule has 18 heavy (non-hydrogen) atoms. The van der Waals surface area contributed by atoms with Crippen LogP contribution in [0.3, 0.4) is 0 Å². The summed E-state index contributed by atoms with van der Waals surface area (Å²) in [5.74, 6) is 1.40. The van der Waals surface area contributed by atoms with Crippen molar-refractivity contribution in [3.63, 3.8) is 0 Å². The minimum absolute atomic E-state index is 0.316. The maximum Gasteiger partial charge on any atom is 0.195 e. The van der Waals surface area contributed by atoms with Crippen LogP contribution >= 0.6 is 12.2 Å². The lowest BCUT2D eigenvalue weighted by atomic mass is 10.1. The molecule has 0 aliphatic heterocycles. The number of H-pyrrole nitrogens is 1. The maximum absolute atomic E-state index is 5.33. The molecule has 2 aromatic rings. The highest BCUT2D eigenvalue weighted by Crippen LogP contribution is 2.20. The zero-order valence-corrected chi connectivity index (χ0v) is 11.9. The Kier molecular flexibility index (Phi) is 3.97. The molecule has 0 radical (unpaired) electrons. The predicted molar refractivity (Wildman–Crippen MR) is 76.4 cm³/mol. The van der Waals surface area contributed by atoms with E-state index < -0.39 is 0 Å². The smallest absolute Gasteiger partial charge is 0.195 e. The third kappa shape index (κ3) is 2.70. The third-order valence-electron chi connectivity index (χ3n) is 3.06. The Morgan fingerprint density at radius 2 is 1.89 bits per heavy atom. The number of hydrogen-bond acceptors (Lipinski definition) is 2. The van der Waals surface area contributed by atoms with E-state index in [0.717, 1.165) is 12.2 Å². The van der Waals surface area contributed by atoms with E-state index in [2.05, 4.69) is 59.8 Å². The summed E-state index contributed by atoms with van der Waals surface area (Å²) in [7, 11) is 0. The van der Waals surface area contributed by atoms with Crippen LogP contribution in [0, 0.1) is 4.77 Å². The fraction of sp³-hybridized carbons (Fsp3) is 0.429. The number of hydrogen-bond donors (Lipinski definition) is 1. The van der Waals surface area contributed by atoms with Crippen molar-refractivity contribution >= 4 is 12.2 Å².